The number of hydrogen-bond acceptors (Lipinski definition) is 7. The second-order valence-corrected chi connectivity index (χ2v) is 8.83. The Morgan fingerprint density at radius 3 is 2.39 bits per heavy atom. The van der Waals surface area contributed by atoms with Crippen molar-refractivity contribution in [1.29, 1.82) is 0 Å². The fraction of sp³-hybridized carbons (Fsp3) is 0.304. The topological polar surface area (TPSA) is 78.9 Å². The van der Waals surface area contributed by atoms with Crippen LogP contribution in [0.4, 0.5) is 0 Å². The molecule has 0 aliphatic carbocycles. The van der Waals surface area contributed by atoms with Crippen LogP contribution in [-0.4, -0.2) is 32.0 Å². The summed E-state index contributed by atoms with van der Waals surface area (Å²) in [5, 5.41) is 13.7. The van der Waals surface area contributed by atoms with Gasteiger partial charge in [-0.25, -0.2) is 0 Å². The van der Waals surface area contributed by atoms with Gasteiger partial charge in [-0.1, -0.05) is 49.0 Å². The monoisotopic (exact) mass is 435 g/mol. The first-order valence-corrected chi connectivity index (χ1v) is 11.0. The molecule has 7 nitrogen and oxygen atoms in total. The van der Waals surface area contributed by atoms with E-state index in [1.54, 1.807) is 18.9 Å². The normalized spacial score (nSPS) is 12.3. The van der Waals surface area contributed by atoms with Crippen molar-refractivity contribution in [3.8, 4) is 22.8 Å². The first-order chi connectivity index (χ1) is 15.0. The SMILES string of the molecule is COc1ccc(-c2nnc(SC(C)c3nc(C)no3)n2-c2ccccc2C(C)C)cc1. The van der Waals surface area contributed by atoms with Crippen molar-refractivity contribution in [3.05, 3.63) is 65.8 Å². The van der Waals surface area contributed by atoms with Crippen molar-refractivity contribution in [2.75, 3.05) is 7.11 Å². The molecule has 2 aromatic heterocycles. The van der Waals surface area contributed by atoms with Crippen LogP contribution >= 0.6 is 11.8 Å². The van der Waals surface area contributed by atoms with Crippen LogP contribution in [0.15, 0.2) is 58.2 Å². The predicted molar refractivity (Wildman–Crippen MR) is 121 cm³/mol. The average molecular weight is 436 g/mol. The van der Waals surface area contributed by atoms with Gasteiger partial charge in [-0.3, -0.25) is 4.57 Å². The van der Waals surface area contributed by atoms with Crippen molar-refractivity contribution < 1.29 is 9.26 Å². The third-order valence-electron chi connectivity index (χ3n) is 4.95. The lowest BCUT2D eigenvalue weighted by molar-refractivity contribution is 0.376. The highest BCUT2D eigenvalue weighted by Crippen LogP contribution is 2.38. The van der Waals surface area contributed by atoms with E-state index in [0.29, 0.717) is 17.6 Å². The van der Waals surface area contributed by atoms with E-state index in [-0.39, 0.29) is 5.25 Å². The maximum absolute atomic E-state index is 5.37. The second kappa shape index (κ2) is 8.93. The maximum Gasteiger partial charge on any atom is 0.239 e. The van der Waals surface area contributed by atoms with E-state index < -0.39 is 0 Å². The van der Waals surface area contributed by atoms with Gasteiger partial charge in [-0.15, -0.1) is 10.2 Å². The quantitative estimate of drug-likeness (QED) is 0.349. The molecule has 2 heterocycles. The molecule has 1 unspecified atom stereocenters. The summed E-state index contributed by atoms with van der Waals surface area (Å²) in [6, 6.07) is 16.2. The second-order valence-electron chi connectivity index (χ2n) is 7.52. The Morgan fingerprint density at radius 1 is 1.00 bits per heavy atom. The molecule has 0 bridgehead atoms. The van der Waals surface area contributed by atoms with Gasteiger partial charge in [0.05, 0.1) is 18.0 Å². The summed E-state index contributed by atoms with van der Waals surface area (Å²) in [7, 11) is 1.66. The number of methoxy groups -OCH3 is 1. The van der Waals surface area contributed by atoms with Gasteiger partial charge >= 0.3 is 0 Å². The Morgan fingerprint density at radius 2 is 1.74 bits per heavy atom. The molecule has 4 aromatic rings. The minimum absolute atomic E-state index is 0.0703. The first-order valence-electron chi connectivity index (χ1n) is 10.1. The Labute approximate surface area is 185 Å². The number of para-hydroxylation sites is 1. The number of aromatic nitrogens is 5. The Hall–Kier alpha value is -3.13. The average Bonchev–Trinajstić information content (AvgIpc) is 3.40. The van der Waals surface area contributed by atoms with E-state index in [0.717, 1.165) is 28.0 Å². The van der Waals surface area contributed by atoms with Crippen LogP contribution in [-0.2, 0) is 0 Å². The molecule has 0 spiro atoms. The number of benzene rings is 2. The zero-order valence-electron chi connectivity index (χ0n) is 18.2. The van der Waals surface area contributed by atoms with Gasteiger partial charge in [0, 0.05) is 5.56 Å². The molecule has 0 saturated carbocycles. The largest absolute Gasteiger partial charge is 0.497 e. The Bertz CT molecular complexity index is 1170. The molecule has 0 saturated heterocycles. The van der Waals surface area contributed by atoms with Crippen molar-refractivity contribution in [2.24, 2.45) is 0 Å². The summed E-state index contributed by atoms with van der Waals surface area (Å²) in [5.41, 5.74) is 3.24. The van der Waals surface area contributed by atoms with Gasteiger partial charge in [-0.05, 0) is 55.7 Å². The Kier molecular flexibility index (Phi) is 6.08. The maximum atomic E-state index is 5.37. The molecule has 0 N–H and O–H groups in total. The summed E-state index contributed by atoms with van der Waals surface area (Å²) >= 11 is 1.54. The lowest BCUT2D eigenvalue weighted by atomic mass is 10.0. The highest BCUT2D eigenvalue weighted by molar-refractivity contribution is 7.99. The molecule has 0 aliphatic heterocycles. The number of nitrogens with zero attached hydrogens (tertiary/aromatic N) is 5. The molecule has 1 atom stereocenters. The Balaban J connectivity index is 1.83. The van der Waals surface area contributed by atoms with Crippen LogP contribution in [0.1, 0.15) is 49.2 Å². The van der Waals surface area contributed by atoms with Gasteiger partial charge in [0.15, 0.2) is 16.8 Å². The standard InChI is InChI=1S/C23H25N5O2S/c1-14(2)19-8-6-7-9-20(19)28-21(17-10-12-18(29-5)13-11-17)25-26-23(28)31-15(3)22-24-16(4)27-30-22/h6-15H,1-5H3. The van der Waals surface area contributed by atoms with E-state index in [1.807, 2.05) is 44.2 Å². The number of hydrogen-bond donors (Lipinski definition) is 0. The highest BCUT2D eigenvalue weighted by Gasteiger charge is 2.23. The number of ether oxygens (including phenoxy) is 1. The van der Waals surface area contributed by atoms with Crippen LogP contribution in [0, 0.1) is 6.92 Å². The van der Waals surface area contributed by atoms with E-state index >= 15 is 0 Å². The predicted octanol–water partition coefficient (Wildman–Crippen LogP) is 5.61. The number of rotatable bonds is 7. The summed E-state index contributed by atoms with van der Waals surface area (Å²) < 4.78 is 12.8. The van der Waals surface area contributed by atoms with Crippen LogP contribution in [0.25, 0.3) is 17.1 Å². The lowest BCUT2D eigenvalue weighted by Crippen LogP contribution is -2.05. The number of thioether (sulfide) groups is 1. The van der Waals surface area contributed by atoms with Gasteiger partial charge in [0.1, 0.15) is 5.75 Å². The minimum atomic E-state index is -0.0703. The van der Waals surface area contributed by atoms with E-state index in [4.69, 9.17) is 9.26 Å². The van der Waals surface area contributed by atoms with E-state index in [9.17, 15) is 0 Å². The van der Waals surface area contributed by atoms with Crippen molar-refractivity contribution in [2.45, 2.75) is 44.0 Å². The van der Waals surface area contributed by atoms with Gasteiger partial charge in [0.2, 0.25) is 5.89 Å². The molecular formula is C23H25N5O2S. The van der Waals surface area contributed by atoms with Gasteiger partial charge < -0.3 is 9.26 Å². The molecule has 0 fully saturated rings. The molecule has 0 amide bonds. The van der Waals surface area contributed by atoms with Gasteiger partial charge in [-0.2, -0.15) is 4.98 Å². The van der Waals surface area contributed by atoms with E-state index in [2.05, 4.69) is 57.0 Å². The third kappa shape index (κ3) is 4.34. The zero-order chi connectivity index (χ0) is 22.0. The molecule has 8 heteroatoms. The highest BCUT2D eigenvalue weighted by atomic mass is 32.2. The van der Waals surface area contributed by atoms with Crippen molar-refractivity contribution in [1.82, 2.24) is 24.9 Å². The fourth-order valence-electron chi connectivity index (χ4n) is 3.36. The summed E-state index contributed by atoms with van der Waals surface area (Å²) in [5.74, 6) is 3.10. The first kappa shape index (κ1) is 21.1. The molecule has 160 valence electrons. The van der Waals surface area contributed by atoms with Crippen LogP contribution in [0.3, 0.4) is 0 Å². The van der Waals surface area contributed by atoms with Crippen LogP contribution < -0.4 is 4.74 Å². The summed E-state index contributed by atoms with van der Waals surface area (Å²) in [4.78, 5) is 4.37. The fourth-order valence-corrected chi connectivity index (χ4v) is 4.25. The molecule has 0 radical (unpaired) electrons. The van der Waals surface area contributed by atoms with Gasteiger partial charge in [0.25, 0.3) is 0 Å². The van der Waals surface area contributed by atoms with Crippen LogP contribution in [0.2, 0.25) is 0 Å². The lowest BCUT2D eigenvalue weighted by Gasteiger charge is -2.17. The third-order valence-corrected chi connectivity index (χ3v) is 5.98. The zero-order valence-corrected chi connectivity index (χ0v) is 19.1. The summed E-state index contributed by atoms with van der Waals surface area (Å²) in [6.45, 7) is 8.21. The molecular weight excluding hydrogens is 410 g/mol. The summed E-state index contributed by atoms with van der Waals surface area (Å²) in [6.07, 6.45) is 0. The van der Waals surface area contributed by atoms with Crippen molar-refractivity contribution >= 4 is 11.8 Å². The molecule has 31 heavy (non-hydrogen) atoms. The smallest absolute Gasteiger partial charge is 0.239 e. The van der Waals surface area contributed by atoms with Crippen LogP contribution in [0.5, 0.6) is 5.75 Å². The molecule has 0 aliphatic rings. The minimum Gasteiger partial charge on any atom is -0.497 e. The molecule has 2 aromatic carbocycles. The van der Waals surface area contributed by atoms with Crippen molar-refractivity contribution in [3.63, 3.8) is 0 Å². The molecule has 4 rings (SSSR count). The number of aryl methyl sites for hydroxylation is 1. The van der Waals surface area contributed by atoms with E-state index in [1.165, 1.54) is 5.56 Å².